The molecule has 2 aromatic carbocycles. The van der Waals surface area contributed by atoms with Crippen LogP contribution in [-0.4, -0.2) is 33.8 Å². The summed E-state index contributed by atoms with van der Waals surface area (Å²) in [7, 11) is 0. The molecule has 2 aliphatic heterocycles. The van der Waals surface area contributed by atoms with E-state index in [0.717, 1.165) is 17.5 Å². The van der Waals surface area contributed by atoms with Crippen molar-refractivity contribution >= 4 is 22.6 Å². The second kappa shape index (κ2) is 7.45. The molecule has 2 aliphatic rings. The van der Waals surface area contributed by atoms with Crippen LogP contribution in [0, 0.1) is 5.82 Å². The van der Waals surface area contributed by atoms with Gasteiger partial charge in [0.05, 0.1) is 16.8 Å². The van der Waals surface area contributed by atoms with Crippen LogP contribution in [0.2, 0.25) is 0 Å². The zero-order valence-electron chi connectivity index (χ0n) is 17.8. The Hall–Kier alpha value is -3.19. The fraction of sp³-hybridized carbons (Fsp3) is 0.360. The van der Waals surface area contributed by atoms with Gasteiger partial charge in [0.25, 0.3) is 0 Å². The average molecular weight is 436 g/mol. The third-order valence-corrected chi connectivity index (χ3v) is 7.08. The topological polar surface area (TPSA) is 82.8 Å². The molecule has 1 saturated heterocycles. The van der Waals surface area contributed by atoms with E-state index in [9.17, 15) is 19.8 Å². The van der Waals surface area contributed by atoms with Crippen LogP contribution in [0.1, 0.15) is 53.7 Å². The maximum absolute atomic E-state index is 15.4. The highest BCUT2D eigenvalue weighted by atomic mass is 19.1. The molecule has 0 aliphatic carbocycles. The summed E-state index contributed by atoms with van der Waals surface area (Å²) in [5.41, 5.74) is 0.766. The van der Waals surface area contributed by atoms with Crippen LogP contribution in [-0.2, 0) is 12.0 Å². The molecule has 3 heterocycles. The molecular formula is C25H25FN2O4. The van der Waals surface area contributed by atoms with Crippen LogP contribution in [0.5, 0.6) is 0 Å². The maximum atomic E-state index is 15.4. The van der Waals surface area contributed by atoms with Crippen molar-refractivity contribution in [1.82, 2.24) is 4.57 Å². The molecule has 3 aromatic rings. The van der Waals surface area contributed by atoms with Gasteiger partial charge in [-0.1, -0.05) is 30.3 Å². The van der Waals surface area contributed by atoms with Gasteiger partial charge >= 0.3 is 5.97 Å². The predicted octanol–water partition coefficient (Wildman–Crippen LogP) is 3.83. The number of piperidine rings is 1. The quantitative estimate of drug-likeness (QED) is 0.652. The highest BCUT2D eigenvalue weighted by molar-refractivity contribution is 5.95. The van der Waals surface area contributed by atoms with Crippen LogP contribution < -0.4 is 10.3 Å². The zero-order valence-corrected chi connectivity index (χ0v) is 17.8. The number of benzene rings is 2. The van der Waals surface area contributed by atoms with Crippen molar-refractivity contribution in [3.63, 3.8) is 0 Å². The molecule has 5 rings (SSSR count). The van der Waals surface area contributed by atoms with Gasteiger partial charge in [0, 0.05) is 36.3 Å². The van der Waals surface area contributed by atoms with E-state index in [4.69, 9.17) is 0 Å². The molecule has 6 nitrogen and oxygen atoms in total. The summed E-state index contributed by atoms with van der Waals surface area (Å²) in [6, 6.07) is 10.7. The summed E-state index contributed by atoms with van der Waals surface area (Å²) in [6.45, 7) is 2.93. The number of aryl methyl sites for hydroxylation is 1. The van der Waals surface area contributed by atoms with E-state index in [0.29, 0.717) is 43.6 Å². The summed E-state index contributed by atoms with van der Waals surface area (Å²) in [5, 5.41) is 20.7. The molecule has 0 saturated carbocycles. The first-order valence-corrected chi connectivity index (χ1v) is 11.0. The third kappa shape index (κ3) is 3.11. The van der Waals surface area contributed by atoms with Gasteiger partial charge in [-0.05, 0) is 44.2 Å². The Morgan fingerprint density at radius 2 is 1.88 bits per heavy atom. The van der Waals surface area contributed by atoms with Crippen LogP contribution >= 0.6 is 0 Å². The van der Waals surface area contributed by atoms with E-state index in [2.05, 4.69) is 0 Å². The smallest absolute Gasteiger partial charge is 0.341 e. The number of carboxylic acids is 1. The van der Waals surface area contributed by atoms with Crippen molar-refractivity contribution in [2.24, 2.45) is 0 Å². The Labute approximate surface area is 184 Å². The summed E-state index contributed by atoms with van der Waals surface area (Å²) < 4.78 is 17.2. The minimum absolute atomic E-state index is 0.00605. The van der Waals surface area contributed by atoms with E-state index in [-0.39, 0.29) is 17.0 Å². The molecule has 1 aromatic heterocycles. The van der Waals surface area contributed by atoms with E-state index in [1.54, 1.807) is 0 Å². The van der Waals surface area contributed by atoms with E-state index in [1.807, 2.05) is 46.7 Å². The SMILES string of the molecule is C[C@H]1CCc2c(N3CCC(O)(c4ccccc4)CC3)c(F)cc3c(=O)c(C(=O)O)cn1c23. The minimum Gasteiger partial charge on any atom is -0.477 e. The number of carboxylic acid groups (broad SMARTS) is 1. The number of aliphatic hydroxyl groups is 1. The summed E-state index contributed by atoms with van der Waals surface area (Å²) >= 11 is 0. The van der Waals surface area contributed by atoms with Crippen molar-refractivity contribution in [3.8, 4) is 0 Å². The molecule has 1 atom stereocenters. The second-order valence-corrected chi connectivity index (χ2v) is 8.94. The second-order valence-electron chi connectivity index (χ2n) is 8.94. The van der Waals surface area contributed by atoms with Crippen LogP contribution in [0.15, 0.2) is 47.4 Å². The van der Waals surface area contributed by atoms with Crippen molar-refractivity contribution in [1.29, 1.82) is 0 Å². The Kier molecular flexibility index (Phi) is 4.82. The van der Waals surface area contributed by atoms with Crippen molar-refractivity contribution in [2.75, 3.05) is 18.0 Å². The molecular weight excluding hydrogens is 411 g/mol. The normalized spacial score (nSPS) is 19.8. The molecule has 166 valence electrons. The third-order valence-electron chi connectivity index (χ3n) is 7.08. The number of carbonyl (C=O) groups is 1. The lowest BCUT2D eigenvalue weighted by atomic mass is 9.84. The van der Waals surface area contributed by atoms with E-state index >= 15 is 4.39 Å². The molecule has 0 radical (unpaired) electrons. The minimum atomic E-state index is -1.30. The summed E-state index contributed by atoms with van der Waals surface area (Å²) in [5.74, 6) is -1.82. The zero-order chi connectivity index (χ0) is 22.6. The lowest BCUT2D eigenvalue weighted by Gasteiger charge is -2.41. The van der Waals surface area contributed by atoms with Crippen LogP contribution in [0.25, 0.3) is 10.9 Å². The van der Waals surface area contributed by atoms with Gasteiger partial charge < -0.3 is 19.7 Å². The Balaban J connectivity index is 1.60. The fourth-order valence-electron chi connectivity index (χ4n) is 5.27. The number of anilines is 1. The molecule has 0 amide bonds. The maximum Gasteiger partial charge on any atom is 0.341 e. The van der Waals surface area contributed by atoms with Gasteiger partial charge in [0.2, 0.25) is 5.43 Å². The number of hydrogen-bond donors (Lipinski definition) is 2. The van der Waals surface area contributed by atoms with Gasteiger partial charge in [0.1, 0.15) is 11.4 Å². The fourth-order valence-corrected chi connectivity index (χ4v) is 5.27. The van der Waals surface area contributed by atoms with Gasteiger partial charge in [-0.3, -0.25) is 4.79 Å². The van der Waals surface area contributed by atoms with Gasteiger partial charge in [-0.2, -0.15) is 0 Å². The molecule has 0 spiro atoms. The van der Waals surface area contributed by atoms with E-state index in [1.165, 1.54) is 12.3 Å². The molecule has 0 unspecified atom stereocenters. The lowest BCUT2D eigenvalue weighted by Crippen LogP contribution is -2.43. The molecule has 0 bridgehead atoms. The first-order valence-electron chi connectivity index (χ1n) is 11.0. The number of hydrogen-bond acceptors (Lipinski definition) is 4. The Bertz CT molecular complexity index is 1280. The number of rotatable bonds is 3. The largest absolute Gasteiger partial charge is 0.477 e. The lowest BCUT2D eigenvalue weighted by molar-refractivity contribution is 0.0116. The monoisotopic (exact) mass is 436 g/mol. The first-order chi connectivity index (χ1) is 15.3. The number of halogens is 1. The van der Waals surface area contributed by atoms with Gasteiger partial charge in [0.15, 0.2) is 0 Å². The van der Waals surface area contributed by atoms with Crippen molar-refractivity contribution in [2.45, 2.75) is 44.2 Å². The highest BCUT2D eigenvalue weighted by Gasteiger charge is 2.36. The number of aromatic carboxylic acids is 1. The number of nitrogens with zero attached hydrogens (tertiary/aromatic N) is 2. The van der Waals surface area contributed by atoms with Crippen LogP contribution in [0.4, 0.5) is 10.1 Å². The first kappa shape index (κ1) is 20.7. The summed E-state index contributed by atoms with van der Waals surface area (Å²) in [4.78, 5) is 26.3. The van der Waals surface area contributed by atoms with Crippen molar-refractivity contribution in [3.05, 3.63) is 75.3 Å². The Morgan fingerprint density at radius 1 is 1.19 bits per heavy atom. The van der Waals surface area contributed by atoms with E-state index < -0.39 is 22.8 Å². The Morgan fingerprint density at radius 3 is 2.53 bits per heavy atom. The van der Waals surface area contributed by atoms with Crippen LogP contribution in [0.3, 0.4) is 0 Å². The van der Waals surface area contributed by atoms with Gasteiger partial charge in [-0.15, -0.1) is 0 Å². The highest BCUT2D eigenvalue weighted by Crippen LogP contribution is 2.41. The van der Waals surface area contributed by atoms with Crippen molar-refractivity contribution < 1.29 is 19.4 Å². The molecule has 2 N–H and O–H groups in total. The standard InChI is InChI=1S/C25H25FN2O4/c1-15-7-8-17-21-18(23(29)19(24(30)31)14-28(15)21)13-20(26)22(17)27-11-9-25(32,10-12-27)16-5-3-2-4-6-16/h2-6,13-15,32H,7-12H2,1H3,(H,30,31)/t15-/m0/s1. The number of aromatic nitrogens is 1. The van der Waals surface area contributed by atoms with Gasteiger partial charge in [-0.25, -0.2) is 9.18 Å². The molecule has 7 heteroatoms. The molecule has 32 heavy (non-hydrogen) atoms. The average Bonchev–Trinajstić information content (AvgIpc) is 2.78. The number of pyridine rings is 1. The molecule has 1 fully saturated rings. The predicted molar refractivity (Wildman–Crippen MR) is 120 cm³/mol. The summed E-state index contributed by atoms with van der Waals surface area (Å²) in [6.07, 6.45) is 3.66.